The van der Waals surface area contributed by atoms with Crippen molar-refractivity contribution in [3.8, 4) is 5.75 Å². The molecule has 0 spiro atoms. The summed E-state index contributed by atoms with van der Waals surface area (Å²) in [7, 11) is 0. The molecule has 0 aliphatic carbocycles. The van der Waals surface area contributed by atoms with Crippen LogP contribution in [0.4, 0.5) is 0 Å². The molecule has 1 aliphatic heterocycles. The van der Waals surface area contributed by atoms with E-state index >= 15 is 0 Å². The van der Waals surface area contributed by atoms with Crippen LogP contribution in [0.5, 0.6) is 5.75 Å². The van der Waals surface area contributed by atoms with Gasteiger partial charge in [0.2, 0.25) is 0 Å². The summed E-state index contributed by atoms with van der Waals surface area (Å²) in [4.78, 5) is 0. The summed E-state index contributed by atoms with van der Waals surface area (Å²) < 4.78 is 5.63. The Kier molecular flexibility index (Phi) is 3.27. The summed E-state index contributed by atoms with van der Waals surface area (Å²) in [5.41, 5.74) is 7.36. The monoisotopic (exact) mass is 205 g/mol. The Labute approximate surface area is 91.4 Å². The normalized spacial score (nSPS) is 21.6. The molecule has 0 radical (unpaired) electrons. The van der Waals surface area contributed by atoms with Crippen LogP contribution < -0.4 is 10.5 Å². The summed E-state index contributed by atoms with van der Waals surface area (Å²) in [6.07, 6.45) is 3.24. The number of rotatable bonds is 3. The molecule has 15 heavy (non-hydrogen) atoms. The highest BCUT2D eigenvalue weighted by atomic mass is 16.5. The molecule has 2 N–H and O–H groups in total. The van der Waals surface area contributed by atoms with Crippen molar-refractivity contribution in [3.05, 3.63) is 29.8 Å². The van der Waals surface area contributed by atoms with Crippen LogP contribution in [0, 0.1) is 0 Å². The van der Waals surface area contributed by atoms with Gasteiger partial charge in [-0.25, -0.2) is 0 Å². The van der Waals surface area contributed by atoms with Gasteiger partial charge in [-0.2, -0.15) is 0 Å². The van der Waals surface area contributed by atoms with Crippen LogP contribution >= 0.6 is 0 Å². The van der Waals surface area contributed by atoms with E-state index in [0.717, 1.165) is 31.6 Å². The number of nitrogens with two attached hydrogens (primary N) is 1. The van der Waals surface area contributed by atoms with Crippen LogP contribution in [0.15, 0.2) is 24.3 Å². The SMILES string of the molecule is CCC(N)CC1CCOc2ccccc21. The van der Waals surface area contributed by atoms with Gasteiger partial charge in [-0.05, 0) is 36.8 Å². The maximum atomic E-state index is 6.02. The molecule has 82 valence electrons. The Bertz CT molecular complexity index is 324. The molecule has 1 heterocycles. The third-order valence-electron chi connectivity index (χ3n) is 3.19. The predicted molar refractivity (Wildman–Crippen MR) is 62.2 cm³/mol. The van der Waals surface area contributed by atoms with Gasteiger partial charge in [0.05, 0.1) is 6.61 Å². The molecule has 0 aromatic heterocycles. The largest absolute Gasteiger partial charge is 0.493 e. The van der Waals surface area contributed by atoms with Crippen molar-refractivity contribution in [2.24, 2.45) is 5.73 Å². The molecule has 2 rings (SSSR count). The number of ether oxygens (including phenoxy) is 1. The number of hydrogen-bond donors (Lipinski definition) is 1. The van der Waals surface area contributed by atoms with E-state index in [-0.39, 0.29) is 0 Å². The second kappa shape index (κ2) is 4.67. The van der Waals surface area contributed by atoms with Crippen LogP contribution in [-0.2, 0) is 0 Å². The quantitative estimate of drug-likeness (QED) is 0.823. The predicted octanol–water partition coefficient (Wildman–Crippen LogP) is 2.68. The van der Waals surface area contributed by atoms with E-state index in [0.29, 0.717) is 12.0 Å². The van der Waals surface area contributed by atoms with E-state index < -0.39 is 0 Å². The molecule has 0 saturated heterocycles. The van der Waals surface area contributed by atoms with E-state index in [1.807, 2.05) is 6.07 Å². The summed E-state index contributed by atoms with van der Waals surface area (Å²) in [5, 5.41) is 0. The molecule has 2 atom stereocenters. The van der Waals surface area contributed by atoms with Crippen molar-refractivity contribution in [1.29, 1.82) is 0 Å². The Morgan fingerprint density at radius 2 is 2.27 bits per heavy atom. The zero-order valence-corrected chi connectivity index (χ0v) is 9.28. The van der Waals surface area contributed by atoms with Gasteiger partial charge in [0.15, 0.2) is 0 Å². The maximum absolute atomic E-state index is 6.02. The fourth-order valence-corrected chi connectivity index (χ4v) is 2.19. The van der Waals surface area contributed by atoms with Gasteiger partial charge < -0.3 is 10.5 Å². The Hall–Kier alpha value is -1.02. The van der Waals surface area contributed by atoms with Gasteiger partial charge in [-0.15, -0.1) is 0 Å². The van der Waals surface area contributed by atoms with E-state index in [1.165, 1.54) is 5.56 Å². The van der Waals surface area contributed by atoms with E-state index in [9.17, 15) is 0 Å². The topological polar surface area (TPSA) is 35.2 Å². The molecule has 1 aromatic rings. The van der Waals surface area contributed by atoms with Gasteiger partial charge in [0.1, 0.15) is 5.75 Å². The smallest absolute Gasteiger partial charge is 0.122 e. The second-order valence-corrected chi connectivity index (χ2v) is 4.28. The standard InChI is InChI=1S/C13H19NO/c1-2-11(14)9-10-7-8-15-13-6-4-3-5-12(10)13/h3-6,10-11H,2,7-9,14H2,1H3. The average molecular weight is 205 g/mol. The third kappa shape index (κ3) is 2.32. The molecular formula is C13H19NO. The molecule has 1 aliphatic rings. The molecule has 2 nitrogen and oxygen atoms in total. The van der Waals surface area contributed by atoms with Crippen LogP contribution in [0.25, 0.3) is 0 Å². The number of hydrogen-bond acceptors (Lipinski definition) is 2. The molecule has 0 fully saturated rings. The average Bonchev–Trinajstić information content (AvgIpc) is 2.29. The summed E-state index contributed by atoms with van der Waals surface area (Å²) in [6.45, 7) is 2.98. The lowest BCUT2D eigenvalue weighted by Crippen LogP contribution is -2.24. The highest BCUT2D eigenvalue weighted by molar-refractivity contribution is 5.37. The van der Waals surface area contributed by atoms with Crippen LogP contribution in [0.2, 0.25) is 0 Å². The molecule has 2 unspecified atom stereocenters. The lowest BCUT2D eigenvalue weighted by atomic mass is 9.87. The van der Waals surface area contributed by atoms with Gasteiger partial charge >= 0.3 is 0 Å². The summed E-state index contributed by atoms with van der Waals surface area (Å²) >= 11 is 0. The Morgan fingerprint density at radius 3 is 3.07 bits per heavy atom. The van der Waals surface area contributed by atoms with E-state index in [4.69, 9.17) is 10.5 Å². The molecule has 1 aromatic carbocycles. The third-order valence-corrected chi connectivity index (χ3v) is 3.19. The van der Waals surface area contributed by atoms with Crippen molar-refractivity contribution in [3.63, 3.8) is 0 Å². The van der Waals surface area contributed by atoms with Crippen LogP contribution in [-0.4, -0.2) is 12.6 Å². The second-order valence-electron chi connectivity index (χ2n) is 4.28. The molecule has 0 saturated carbocycles. The first-order valence-electron chi connectivity index (χ1n) is 5.78. The van der Waals surface area contributed by atoms with Crippen molar-refractivity contribution < 1.29 is 4.74 Å². The van der Waals surface area contributed by atoms with Gasteiger partial charge in [-0.1, -0.05) is 25.1 Å². The van der Waals surface area contributed by atoms with Crippen LogP contribution in [0.1, 0.15) is 37.7 Å². The van der Waals surface area contributed by atoms with Crippen molar-refractivity contribution >= 4 is 0 Å². The van der Waals surface area contributed by atoms with Gasteiger partial charge in [-0.3, -0.25) is 0 Å². The molecule has 2 heteroatoms. The zero-order chi connectivity index (χ0) is 10.7. The molecular weight excluding hydrogens is 186 g/mol. The minimum atomic E-state index is 0.321. The highest BCUT2D eigenvalue weighted by Gasteiger charge is 2.22. The lowest BCUT2D eigenvalue weighted by molar-refractivity contribution is 0.258. The van der Waals surface area contributed by atoms with E-state index in [1.54, 1.807) is 0 Å². The summed E-state index contributed by atoms with van der Waals surface area (Å²) in [5.74, 6) is 1.64. The number of fused-ring (bicyclic) bond motifs is 1. The molecule has 0 amide bonds. The van der Waals surface area contributed by atoms with Crippen molar-refractivity contribution in [2.75, 3.05) is 6.61 Å². The first-order valence-corrected chi connectivity index (χ1v) is 5.78. The van der Waals surface area contributed by atoms with Crippen molar-refractivity contribution in [2.45, 2.75) is 38.1 Å². The number of para-hydroxylation sites is 1. The minimum absolute atomic E-state index is 0.321. The maximum Gasteiger partial charge on any atom is 0.122 e. The first-order chi connectivity index (χ1) is 7.31. The number of benzene rings is 1. The lowest BCUT2D eigenvalue weighted by Gasteiger charge is -2.27. The zero-order valence-electron chi connectivity index (χ0n) is 9.28. The van der Waals surface area contributed by atoms with E-state index in [2.05, 4.69) is 25.1 Å². The van der Waals surface area contributed by atoms with Crippen molar-refractivity contribution in [1.82, 2.24) is 0 Å². The molecule has 0 bridgehead atoms. The highest BCUT2D eigenvalue weighted by Crippen LogP contribution is 2.36. The fraction of sp³-hybridized carbons (Fsp3) is 0.538. The summed E-state index contributed by atoms with van der Waals surface area (Å²) in [6, 6.07) is 8.65. The van der Waals surface area contributed by atoms with Gasteiger partial charge in [0, 0.05) is 6.04 Å². The van der Waals surface area contributed by atoms with Crippen LogP contribution in [0.3, 0.4) is 0 Å². The van der Waals surface area contributed by atoms with Gasteiger partial charge in [0.25, 0.3) is 0 Å². The first kappa shape index (κ1) is 10.5. The fourth-order valence-electron chi connectivity index (χ4n) is 2.19. The Morgan fingerprint density at radius 1 is 1.47 bits per heavy atom. The minimum Gasteiger partial charge on any atom is -0.493 e. The Balaban J connectivity index is 2.15.